The lowest BCUT2D eigenvalue weighted by atomic mass is 9.89. The lowest BCUT2D eigenvalue weighted by Gasteiger charge is -2.30. The Morgan fingerprint density at radius 1 is 1.24 bits per heavy atom. The van der Waals surface area contributed by atoms with E-state index in [2.05, 4.69) is 49.3 Å². The summed E-state index contributed by atoms with van der Waals surface area (Å²) in [6, 6.07) is 10.4. The van der Waals surface area contributed by atoms with Crippen molar-refractivity contribution in [3.8, 4) is 0 Å². The van der Waals surface area contributed by atoms with Crippen LogP contribution in [0.4, 0.5) is 0 Å². The van der Waals surface area contributed by atoms with E-state index in [0.717, 1.165) is 18.8 Å². The van der Waals surface area contributed by atoms with Crippen molar-refractivity contribution in [2.24, 2.45) is 7.05 Å². The zero-order valence-corrected chi connectivity index (χ0v) is 15.6. The minimum absolute atomic E-state index is 0.00123. The van der Waals surface area contributed by atoms with Gasteiger partial charge in [-0.1, -0.05) is 51.1 Å². The summed E-state index contributed by atoms with van der Waals surface area (Å²) in [5, 5.41) is 7.70. The third-order valence-electron chi connectivity index (χ3n) is 4.71. The van der Waals surface area contributed by atoms with Crippen LogP contribution >= 0.6 is 0 Å². The topological polar surface area (TPSA) is 50.2 Å². The van der Waals surface area contributed by atoms with Gasteiger partial charge in [0.25, 0.3) is 0 Å². The van der Waals surface area contributed by atoms with Crippen molar-refractivity contribution in [1.29, 1.82) is 0 Å². The van der Waals surface area contributed by atoms with E-state index in [-0.39, 0.29) is 17.4 Å². The van der Waals surface area contributed by atoms with Crippen LogP contribution in [0.3, 0.4) is 0 Å². The van der Waals surface area contributed by atoms with Gasteiger partial charge in [0, 0.05) is 56.3 Å². The molecule has 1 saturated heterocycles. The van der Waals surface area contributed by atoms with E-state index in [1.165, 1.54) is 11.1 Å². The molecule has 0 saturated carbocycles. The van der Waals surface area contributed by atoms with Gasteiger partial charge in [0.2, 0.25) is 5.91 Å². The number of rotatable bonds is 3. The number of aryl methyl sites for hydroxylation is 1. The second-order valence-corrected chi connectivity index (χ2v) is 7.88. The number of amides is 1. The van der Waals surface area contributed by atoms with Gasteiger partial charge < -0.3 is 5.32 Å². The summed E-state index contributed by atoms with van der Waals surface area (Å²) < 4.78 is 1.90. The van der Waals surface area contributed by atoms with Crippen molar-refractivity contribution < 1.29 is 4.79 Å². The minimum atomic E-state index is -0.00123. The van der Waals surface area contributed by atoms with E-state index in [1.807, 2.05) is 29.9 Å². The second-order valence-electron chi connectivity index (χ2n) is 7.88. The molecule has 0 aliphatic carbocycles. The normalized spacial score (nSPS) is 19.5. The Labute approximate surface area is 150 Å². The third kappa shape index (κ3) is 4.10. The van der Waals surface area contributed by atoms with E-state index < -0.39 is 0 Å². The zero-order valence-electron chi connectivity index (χ0n) is 15.6. The van der Waals surface area contributed by atoms with E-state index in [9.17, 15) is 4.79 Å². The van der Waals surface area contributed by atoms with Crippen LogP contribution in [0, 0.1) is 0 Å². The van der Waals surface area contributed by atoms with E-state index in [4.69, 9.17) is 5.10 Å². The fraction of sp³-hybridized carbons (Fsp3) is 0.500. The minimum Gasteiger partial charge on any atom is -0.355 e. The molecule has 1 aromatic carbocycles. The van der Waals surface area contributed by atoms with Crippen molar-refractivity contribution in [3.05, 3.63) is 53.3 Å². The molecular weight excluding hydrogens is 312 g/mol. The molecule has 0 bridgehead atoms. The van der Waals surface area contributed by atoms with Gasteiger partial charge in [0.1, 0.15) is 0 Å². The highest BCUT2D eigenvalue weighted by Crippen LogP contribution is 2.30. The predicted octanol–water partition coefficient (Wildman–Crippen LogP) is 2.78. The smallest absolute Gasteiger partial charge is 0.221 e. The molecule has 1 N–H and O–H groups in total. The van der Waals surface area contributed by atoms with Crippen LogP contribution in [0.2, 0.25) is 0 Å². The molecular formula is C20H28N4O. The number of hydrogen-bond donors (Lipinski definition) is 1. The lowest BCUT2D eigenvalue weighted by Crippen LogP contribution is -2.31. The molecule has 3 rings (SSSR count). The van der Waals surface area contributed by atoms with Gasteiger partial charge in [-0.25, -0.2) is 0 Å². The van der Waals surface area contributed by atoms with E-state index in [1.54, 1.807) is 0 Å². The highest BCUT2D eigenvalue weighted by atomic mass is 16.1. The van der Waals surface area contributed by atoms with Crippen molar-refractivity contribution in [2.45, 2.75) is 45.2 Å². The van der Waals surface area contributed by atoms with Gasteiger partial charge in [0.05, 0.1) is 5.69 Å². The van der Waals surface area contributed by atoms with Gasteiger partial charge in [-0.05, 0) is 5.56 Å². The summed E-state index contributed by atoms with van der Waals surface area (Å²) in [6.45, 7) is 8.91. The van der Waals surface area contributed by atoms with Gasteiger partial charge in [0.15, 0.2) is 0 Å². The Bertz CT molecular complexity index is 730. The lowest BCUT2D eigenvalue weighted by molar-refractivity contribution is -0.121. The molecule has 2 heterocycles. The summed E-state index contributed by atoms with van der Waals surface area (Å²) in [5.41, 5.74) is 3.56. The number of nitrogens with one attached hydrogen (secondary N) is 1. The molecule has 0 radical (unpaired) electrons. The summed E-state index contributed by atoms with van der Waals surface area (Å²) >= 11 is 0. The summed E-state index contributed by atoms with van der Waals surface area (Å²) in [4.78, 5) is 14.5. The zero-order chi connectivity index (χ0) is 18.0. The van der Waals surface area contributed by atoms with Crippen LogP contribution in [0.5, 0.6) is 0 Å². The summed E-state index contributed by atoms with van der Waals surface area (Å²) in [6.07, 6.45) is 2.61. The second kappa shape index (κ2) is 7.00. The van der Waals surface area contributed by atoms with Gasteiger partial charge >= 0.3 is 0 Å². The molecule has 1 aromatic heterocycles. The van der Waals surface area contributed by atoms with Gasteiger partial charge in [-0.3, -0.25) is 14.4 Å². The molecule has 1 aliphatic rings. The van der Waals surface area contributed by atoms with Crippen molar-refractivity contribution in [1.82, 2.24) is 20.0 Å². The Morgan fingerprint density at radius 3 is 2.64 bits per heavy atom. The maximum atomic E-state index is 12.1. The van der Waals surface area contributed by atoms with Crippen molar-refractivity contribution >= 4 is 5.91 Å². The molecule has 5 heteroatoms. The SMILES string of the molecule is Cn1cc(CN2CCNC(=O)C[C@@H]2c2ccccc2)c(C(C)(C)C)n1. The van der Waals surface area contributed by atoms with Crippen molar-refractivity contribution in [2.75, 3.05) is 13.1 Å². The van der Waals surface area contributed by atoms with Crippen LogP contribution in [-0.2, 0) is 23.8 Å². The number of nitrogens with zero attached hydrogens (tertiary/aromatic N) is 3. The third-order valence-corrected chi connectivity index (χ3v) is 4.71. The van der Waals surface area contributed by atoms with Gasteiger partial charge in [-0.15, -0.1) is 0 Å². The maximum absolute atomic E-state index is 12.1. The largest absolute Gasteiger partial charge is 0.355 e. The fourth-order valence-electron chi connectivity index (χ4n) is 3.57. The molecule has 134 valence electrons. The quantitative estimate of drug-likeness (QED) is 0.935. The molecule has 0 unspecified atom stereocenters. The van der Waals surface area contributed by atoms with E-state index in [0.29, 0.717) is 13.0 Å². The fourth-order valence-corrected chi connectivity index (χ4v) is 3.57. The van der Waals surface area contributed by atoms with E-state index >= 15 is 0 Å². The maximum Gasteiger partial charge on any atom is 0.221 e. The highest BCUT2D eigenvalue weighted by Gasteiger charge is 2.29. The van der Waals surface area contributed by atoms with Crippen molar-refractivity contribution in [3.63, 3.8) is 0 Å². The van der Waals surface area contributed by atoms with Gasteiger partial charge in [-0.2, -0.15) is 5.10 Å². The number of carbonyl (C=O) groups is 1. The Kier molecular flexibility index (Phi) is 4.95. The molecule has 1 aliphatic heterocycles. The molecule has 1 atom stereocenters. The van der Waals surface area contributed by atoms with Crippen LogP contribution in [-0.4, -0.2) is 33.7 Å². The summed E-state index contributed by atoms with van der Waals surface area (Å²) in [7, 11) is 1.97. The molecule has 2 aromatic rings. The first-order valence-corrected chi connectivity index (χ1v) is 8.93. The molecule has 5 nitrogen and oxygen atoms in total. The first-order chi connectivity index (χ1) is 11.8. The molecule has 0 spiro atoms. The van der Waals surface area contributed by atoms with Crippen LogP contribution in [0.25, 0.3) is 0 Å². The first kappa shape index (κ1) is 17.7. The number of benzene rings is 1. The number of hydrogen-bond acceptors (Lipinski definition) is 3. The highest BCUT2D eigenvalue weighted by molar-refractivity contribution is 5.77. The predicted molar refractivity (Wildman–Crippen MR) is 99.1 cm³/mol. The molecule has 1 fully saturated rings. The average Bonchev–Trinajstić information content (AvgIpc) is 2.83. The van der Waals surface area contributed by atoms with Crippen LogP contribution < -0.4 is 5.32 Å². The number of aromatic nitrogens is 2. The summed E-state index contributed by atoms with van der Waals surface area (Å²) in [5.74, 6) is 0.124. The van der Waals surface area contributed by atoms with Crippen LogP contribution in [0.15, 0.2) is 36.5 Å². The molecule has 25 heavy (non-hydrogen) atoms. The first-order valence-electron chi connectivity index (χ1n) is 8.93. The Balaban J connectivity index is 1.92. The average molecular weight is 340 g/mol. The standard InChI is InChI=1S/C20H28N4O/c1-20(2,3)19-16(13-23(4)22-19)14-24-11-10-21-18(25)12-17(24)15-8-6-5-7-9-15/h5-9,13,17H,10-12,14H2,1-4H3,(H,21,25)/t17-/m1/s1. The number of carbonyl (C=O) groups excluding carboxylic acids is 1. The van der Waals surface area contributed by atoms with Crippen LogP contribution in [0.1, 0.15) is 50.1 Å². The monoisotopic (exact) mass is 340 g/mol. The Hall–Kier alpha value is -2.14. The molecule has 1 amide bonds. The Morgan fingerprint density at radius 2 is 1.96 bits per heavy atom.